The number of esters is 1. The Morgan fingerprint density at radius 1 is 1.20 bits per heavy atom. The molecule has 0 bridgehead atoms. The number of nitrogens with one attached hydrogen (secondary N) is 1. The summed E-state index contributed by atoms with van der Waals surface area (Å²) in [6, 6.07) is 14.9. The van der Waals surface area contributed by atoms with Gasteiger partial charge in [-0.05, 0) is 65.7 Å². The van der Waals surface area contributed by atoms with Crippen molar-refractivity contribution in [3.05, 3.63) is 65.7 Å². The average molecular weight is 423 g/mol. The standard InChI is InChI=1S/C21H21N5O3S/c1-3-29-20(28)12-9-16-7-10-17(11-8-16)22-19(27)14-30-21-23-24-25-26(21)18-6-4-5-15(2)13-18/h4-13H,3,14H2,1-2H3,(H,22,27)/b12-9-. The SMILES string of the molecule is CCOC(=O)/C=C\c1ccc(NC(=O)CSc2nnnn2-c2cccc(C)c2)cc1. The van der Waals surface area contributed by atoms with Crippen LogP contribution in [0.2, 0.25) is 0 Å². The lowest BCUT2D eigenvalue weighted by molar-refractivity contribution is -0.137. The van der Waals surface area contributed by atoms with Crippen LogP contribution in [0.15, 0.2) is 59.8 Å². The molecular formula is C21H21N5O3S. The van der Waals surface area contributed by atoms with E-state index in [0.29, 0.717) is 17.5 Å². The Hall–Kier alpha value is -3.46. The smallest absolute Gasteiger partial charge is 0.330 e. The summed E-state index contributed by atoms with van der Waals surface area (Å²) in [6.45, 7) is 4.08. The van der Waals surface area contributed by atoms with E-state index in [0.717, 1.165) is 16.8 Å². The number of amides is 1. The molecule has 0 radical (unpaired) electrons. The summed E-state index contributed by atoms with van der Waals surface area (Å²) in [5, 5.41) is 15.1. The Bertz CT molecular complexity index is 1050. The molecular weight excluding hydrogens is 402 g/mol. The van der Waals surface area contributed by atoms with Crippen LogP contribution in [0, 0.1) is 6.92 Å². The van der Waals surface area contributed by atoms with Gasteiger partial charge in [0.05, 0.1) is 18.0 Å². The summed E-state index contributed by atoms with van der Waals surface area (Å²) in [5.74, 6) is -0.398. The predicted octanol–water partition coefficient (Wildman–Crippen LogP) is 3.28. The molecule has 2 aromatic carbocycles. The van der Waals surface area contributed by atoms with Gasteiger partial charge in [0.2, 0.25) is 11.1 Å². The van der Waals surface area contributed by atoms with Crippen molar-refractivity contribution in [3.8, 4) is 5.69 Å². The molecule has 0 spiro atoms. The zero-order chi connectivity index (χ0) is 21.3. The Morgan fingerprint density at radius 2 is 2.00 bits per heavy atom. The van der Waals surface area contributed by atoms with Crippen LogP contribution >= 0.6 is 11.8 Å². The third-order valence-electron chi connectivity index (χ3n) is 3.91. The van der Waals surface area contributed by atoms with Crippen molar-refractivity contribution in [1.29, 1.82) is 0 Å². The molecule has 1 amide bonds. The molecule has 8 nitrogen and oxygen atoms in total. The van der Waals surface area contributed by atoms with Gasteiger partial charge in [-0.25, -0.2) is 4.79 Å². The van der Waals surface area contributed by atoms with Gasteiger partial charge in [-0.1, -0.05) is 36.0 Å². The molecule has 9 heteroatoms. The first-order valence-corrected chi connectivity index (χ1v) is 10.3. The molecule has 3 aromatic rings. The Kier molecular flexibility index (Phi) is 7.34. The second kappa shape index (κ2) is 10.4. The molecule has 0 atom stereocenters. The molecule has 1 aromatic heterocycles. The first-order valence-electron chi connectivity index (χ1n) is 9.28. The summed E-state index contributed by atoms with van der Waals surface area (Å²) >= 11 is 1.25. The van der Waals surface area contributed by atoms with E-state index in [2.05, 4.69) is 20.8 Å². The normalized spacial score (nSPS) is 10.9. The van der Waals surface area contributed by atoms with Crippen molar-refractivity contribution in [2.45, 2.75) is 19.0 Å². The summed E-state index contributed by atoms with van der Waals surface area (Å²) in [5.41, 5.74) is 3.42. The zero-order valence-corrected chi connectivity index (χ0v) is 17.4. The molecule has 30 heavy (non-hydrogen) atoms. The fraction of sp³-hybridized carbons (Fsp3) is 0.190. The quantitative estimate of drug-likeness (QED) is 0.337. The Labute approximate surface area is 178 Å². The number of aryl methyl sites for hydroxylation is 1. The van der Waals surface area contributed by atoms with E-state index in [4.69, 9.17) is 4.74 Å². The highest BCUT2D eigenvalue weighted by atomic mass is 32.2. The van der Waals surface area contributed by atoms with Crippen LogP contribution < -0.4 is 5.32 Å². The van der Waals surface area contributed by atoms with Crippen LogP contribution in [0.25, 0.3) is 11.8 Å². The summed E-state index contributed by atoms with van der Waals surface area (Å²) in [7, 11) is 0. The topological polar surface area (TPSA) is 99.0 Å². The van der Waals surface area contributed by atoms with Gasteiger partial charge in [-0.3, -0.25) is 4.79 Å². The Morgan fingerprint density at radius 3 is 2.73 bits per heavy atom. The molecule has 3 rings (SSSR count). The minimum absolute atomic E-state index is 0.163. The number of rotatable bonds is 8. The maximum absolute atomic E-state index is 12.3. The van der Waals surface area contributed by atoms with Crippen LogP contribution in [-0.2, 0) is 14.3 Å². The maximum Gasteiger partial charge on any atom is 0.330 e. The van der Waals surface area contributed by atoms with Gasteiger partial charge < -0.3 is 10.1 Å². The molecule has 1 N–H and O–H groups in total. The van der Waals surface area contributed by atoms with Gasteiger partial charge in [-0.15, -0.1) is 5.10 Å². The van der Waals surface area contributed by atoms with E-state index in [1.807, 2.05) is 31.2 Å². The summed E-state index contributed by atoms with van der Waals surface area (Å²) in [4.78, 5) is 23.6. The van der Waals surface area contributed by atoms with Crippen molar-refractivity contribution in [2.75, 3.05) is 17.7 Å². The molecule has 1 heterocycles. The number of anilines is 1. The van der Waals surface area contributed by atoms with Gasteiger partial charge in [0, 0.05) is 11.8 Å². The lowest BCUT2D eigenvalue weighted by Crippen LogP contribution is -2.14. The first kappa shape index (κ1) is 21.3. The number of hydrogen-bond acceptors (Lipinski definition) is 7. The van der Waals surface area contributed by atoms with Crippen molar-refractivity contribution < 1.29 is 14.3 Å². The second-order valence-electron chi connectivity index (χ2n) is 6.26. The van der Waals surface area contributed by atoms with Crippen LogP contribution in [0.4, 0.5) is 5.69 Å². The minimum atomic E-state index is -0.389. The molecule has 0 unspecified atom stereocenters. The van der Waals surface area contributed by atoms with Gasteiger partial charge in [0.1, 0.15) is 0 Å². The van der Waals surface area contributed by atoms with Crippen LogP contribution in [0.3, 0.4) is 0 Å². The fourth-order valence-electron chi connectivity index (χ4n) is 2.55. The first-order chi connectivity index (χ1) is 14.5. The largest absolute Gasteiger partial charge is 0.463 e. The number of aromatic nitrogens is 4. The number of thioether (sulfide) groups is 1. The van der Waals surface area contributed by atoms with Crippen LogP contribution in [0.1, 0.15) is 18.1 Å². The number of carbonyl (C=O) groups is 2. The van der Waals surface area contributed by atoms with E-state index in [1.165, 1.54) is 17.8 Å². The molecule has 0 fully saturated rings. The van der Waals surface area contributed by atoms with Crippen LogP contribution in [0.5, 0.6) is 0 Å². The Balaban J connectivity index is 1.54. The van der Waals surface area contributed by atoms with E-state index in [1.54, 1.807) is 41.9 Å². The molecule has 0 saturated heterocycles. The molecule has 0 aliphatic carbocycles. The van der Waals surface area contributed by atoms with Crippen molar-refractivity contribution in [3.63, 3.8) is 0 Å². The van der Waals surface area contributed by atoms with E-state index >= 15 is 0 Å². The maximum atomic E-state index is 12.3. The third kappa shape index (κ3) is 6.02. The number of tetrazole rings is 1. The highest BCUT2D eigenvalue weighted by molar-refractivity contribution is 7.99. The van der Waals surface area contributed by atoms with E-state index < -0.39 is 0 Å². The molecule has 0 aliphatic heterocycles. The number of carbonyl (C=O) groups excluding carboxylic acids is 2. The monoisotopic (exact) mass is 423 g/mol. The summed E-state index contributed by atoms with van der Waals surface area (Å²) in [6.07, 6.45) is 3.02. The van der Waals surface area contributed by atoms with Gasteiger partial charge >= 0.3 is 5.97 Å². The van der Waals surface area contributed by atoms with Crippen molar-refractivity contribution in [1.82, 2.24) is 20.2 Å². The lowest BCUT2D eigenvalue weighted by atomic mass is 10.2. The highest BCUT2D eigenvalue weighted by Gasteiger charge is 2.12. The highest BCUT2D eigenvalue weighted by Crippen LogP contribution is 2.19. The van der Waals surface area contributed by atoms with Crippen molar-refractivity contribution in [2.24, 2.45) is 0 Å². The van der Waals surface area contributed by atoms with Crippen LogP contribution in [-0.4, -0.2) is 44.4 Å². The summed E-state index contributed by atoms with van der Waals surface area (Å²) < 4.78 is 6.45. The lowest BCUT2D eigenvalue weighted by Gasteiger charge is -2.06. The third-order valence-corrected chi connectivity index (χ3v) is 4.83. The molecule has 0 aliphatic rings. The van der Waals surface area contributed by atoms with Gasteiger partial charge in [-0.2, -0.15) is 4.68 Å². The minimum Gasteiger partial charge on any atom is -0.463 e. The van der Waals surface area contributed by atoms with E-state index in [9.17, 15) is 9.59 Å². The average Bonchev–Trinajstić information content (AvgIpc) is 3.21. The zero-order valence-electron chi connectivity index (χ0n) is 16.6. The van der Waals surface area contributed by atoms with Crippen molar-refractivity contribution >= 4 is 35.4 Å². The number of ether oxygens (including phenoxy) is 1. The fourth-order valence-corrected chi connectivity index (χ4v) is 3.24. The molecule has 0 saturated carbocycles. The van der Waals surface area contributed by atoms with E-state index in [-0.39, 0.29) is 17.6 Å². The number of benzene rings is 2. The number of nitrogens with zero attached hydrogens (tertiary/aromatic N) is 4. The second-order valence-corrected chi connectivity index (χ2v) is 7.20. The predicted molar refractivity (Wildman–Crippen MR) is 115 cm³/mol. The van der Waals surface area contributed by atoms with Gasteiger partial charge in [0.15, 0.2) is 0 Å². The van der Waals surface area contributed by atoms with Gasteiger partial charge in [0.25, 0.3) is 0 Å². The molecule has 154 valence electrons. The number of hydrogen-bond donors (Lipinski definition) is 1.